The summed E-state index contributed by atoms with van der Waals surface area (Å²) in [5.41, 5.74) is -0.525. The predicted octanol–water partition coefficient (Wildman–Crippen LogP) is 2.79. The molecule has 1 aromatic carbocycles. The second kappa shape index (κ2) is 7.05. The van der Waals surface area contributed by atoms with Crippen molar-refractivity contribution in [2.75, 3.05) is 5.32 Å². The molecular formula is C19H23FN2O4. The number of carboxylic acids is 1. The maximum absolute atomic E-state index is 13.4. The second-order valence-corrected chi connectivity index (χ2v) is 7.26. The molecule has 0 spiro atoms. The molecule has 1 atom stereocenters. The van der Waals surface area contributed by atoms with E-state index in [1.165, 1.54) is 18.2 Å². The van der Waals surface area contributed by atoms with Crippen LogP contribution in [0.15, 0.2) is 18.2 Å². The van der Waals surface area contributed by atoms with Crippen LogP contribution < -0.4 is 10.6 Å². The quantitative estimate of drug-likeness (QED) is 0.767. The van der Waals surface area contributed by atoms with Gasteiger partial charge in [0.15, 0.2) is 0 Å². The third kappa shape index (κ3) is 3.43. The molecule has 3 N–H and O–H groups in total. The number of hydrogen-bond acceptors (Lipinski definition) is 3. The predicted molar refractivity (Wildman–Crippen MR) is 93.1 cm³/mol. The minimum atomic E-state index is -1.29. The van der Waals surface area contributed by atoms with E-state index < -0.39 is 29.2 Å². The van der Waals surface area contributed by atoms with Crippen LogP contribution in [0.1, 0.15) is 56.9 Å². The van der Waals surface area contributed by atoms with E-state index in [4.69, 9.17) is 0 Å². The van der Waals surface area contributed by atoms with Crippen molar-refractivity contribution in [2.45, 2.75) is 56.9 Å². The molecule has 7 heteroatoms. The van der Waals surface area contributed by atoms with Crippen LogP contribution in [0.3, 0.4) is 0 Å². The van der Waals surface area contributed by atoms with E-state index in [2.05, 4.69) is 17.6 Å². The van der Waals surface area contributed by atoms with Crippen molar-refractivity contribution in [1.82, 2.24) is 5.32 Å². The molecule has 1 unspecified atom stereocenters. The number of nitrogens with one attached hydrogen (secondary N) is 2. The summed E-state index contributed by atoms with van der Waals surface area (Å²) in [6, 6.07) is 3.87. The normalized spacial score (nSPS) is 28.0. The summed E-state index contributed by atoms with van der Waals surface area (Å²) in [6.45, 7) is 2.08. The van der Waals surface area contributed by atoms with Crippen LogP contribution in [-0.2, 0) is 14.4 Å². The molecule has 6 nitrogen and oxygen atoms in total. The molecule has 3 rings (SSSR count). The fraction of sp³-hybridized carbons (Fsp3) is 0.526. The summed E-state index contributed by atoms with van der Waals surface area (Å²) < 4.78 is 13.4. The first-order valence-corrected chi connectivity index (χ1v) is 8.99. The highest BCUT2D eigenvalue weighted by Crippen LogP contribution is 2.37. The molecule has 0 aromatic heterocycles. The molecule has 1 saturated carbocycles. The number of benzene rings is 1. The number of halogens is 1. The van der Waals surface area contributed by atoms with E-state index in [1.54, 1.807) is 0 Å². The summed E-state index contributed by atoms with van der Waals surface area (Å²) in [6.07, 6.45) is 3.15. The van der Waals surface area contributed by atoms with Crippen LogP contribution in [0, 0.1) is 11.7 Å². The van der Waals surface area contributed by atoms with Gasteiger partial charge < -0.3 is 15.7 Å². The Labute approximate surface area is 151 Å². The van der Waals surface area contributed by atoms with E-state index >= 15 is 0 Å². The van der Waals surface area contributed by atoms with Crippen LogP contribution in [0.2, 0.25) is 0 Å². The number of amides is 2. The molecule has 0 saturated heterocycles. The zero-order chi connectivity index (χ0) is 18.9. The summed E-state index contributed by atoms with van der Waals surface area (Å²) in [5.74, 6) is -2.78. The first kappa shape index (κ1) is 18.4. The van der Waals surface area contributed by atoms with Crippen molar-refractivity contribution in [3.05, 3.63) is 29.6 Å². The Morgan fingerprint density at radius 1 is 1.35 bits per heavy atom. The van der Waals surface area contributed by atoms with E-state index in [-0.39, 0.29) is 18.0 Å². The van der Waals surface area contributed by atoms with Gasteiger partial charge >= 0.3 is 5.97 Å². The molecule has 2 aliphatic rings. The topological polar surface area (TPSA) is 95.5 Å². The molecule has 26 heavy (non-hydrogen) atoms. The molecule has 1 aliphatic carbocycles. The first-order valence-electron chi connectivity index (χ1n) is 8.99. The van der Waals surface area contributed by atoms with Gasteiger partial charge in [-0.05, 0) is 49.3 Å². The number of aliphatic carboxylic acids is 1. The second-order valence-electron chi connectivity index (χ2n) is 7.26. The number of carbonyl (C=O) groups is 3. The zero-order valence-electron chi connectivity index (χ0n) is 14.7. The number of carbonyl (C=O) groups excluding carboxylic acids is 2. The average molecular weight is 362 g/mol. The Morgan fingerprint density at radius 2 is 2.04 bits per heavy atom. The van der Waals surface area contributed by atoms with Gasteiger partial charge in [0.1, 0.15) is 11.4 Å². The molecule has 2 amide bonds. The monoisotopic (exact) mass is 362 g/mol. The van der Waals surface area contributed by atoms with Gasteiger partial charge in [-0.3, -0.25) is 9.59 Å². The van der Waals surface area contributed by atoms with Crippen molar-refractivity contribution in [1.29, 1.82) is 0 Å². The molecular weight excluding hydrogens is 339 g/mol. The highest BCUT2D eigenvalue weighted by atomic mass is 19.1. The highest BCUT2D eigenvalue weighted by molar-refractivity contribution is 6.02. The Balaban J connectivity index is 1.83. The molecule has 1 fully saturated rings. The summed E-state index contributed by atoms with van der Waals surface area (Å²) in [5, 5.41) is 15.0. The number of fused-ring (bicyclic) bond motifs is 1. The molecule has 1 aliphatic heterocycles. The van der Waals surface area contributed by atoms with Gasteiger partial charge in [0.05, 0.1) is 5.92 Å². The highest BCUT2D eigenvalue weighted by Gasteiger charge is 2.44. The Kier molecular flexibility index (Phi) is 4.98. The van der Waals surface area contributed by atoms with Gasteiger partial charge in [0.25, 0.3) is 0 Å². The molecule has 1 aromatic rings. The van der Waals surface area contributed by atoms with Gasteiger partial charge in [0, 0.05) is 12.1 Å². The van der Waals surface area contributed by atoms with Crippen LogP contribution >= 0.6 is 0 Å². The van der Waals surface area contributed by atoms with Crippen LogP contribution in [0.4, 0.5) is 10.1 Å². The maximum Gasteiger partial charge on any atom is 0.329 e. The lowest BCUT2D eigenvalue weighted by Crippen LogP contribution is -2.57. The Morgan fingerprint density at radius 3 is 2.65 bits per heavy atom. The number of carboxylic acid groups (broad SMARTS) is 1. The van der Waals surface area contributed by atoms with E-state index in [0.717, 1.165) is 19.3 Å². The fourth-order valence-electron chi connectivity index (χ4n) is 3.97. The van der Waals surface area contributed by atoms with Gasteiger partial charge in [0.2, 0.25) is 11.8 Å². The van der Waals surface area contributed by atoms with Gasteiger partial charge in [-0.15, -0.1) is 0 Å². The lowest BCUT2D eigenvalue weighted by Gasteiger charge is -2.38. The number of hydrogen-bond donors (Lipinski definition) is 3. The van der Waals surface area contributed by atoms with Gasteiger partial charge in [-0.25, -0.2) is 9.18 Å². The zero-order valence-corrected chi connectivity index (χ0v) is 14.7. The Bertz CT molecular complexity index is 741. The van der Waals surface area contributed by atoms with Crippen molar-refractivity contribution in [3.63, 3.8) is 0 Å². The van der Waals surface area contributed by atoms with Crippen molar-refractivity contribution < 1.29 is 23.9 Å². The smallest absolute Gasteiger partial charge is 0.329 e. The first-order chi connectivity index (χ1) is 12.3. The maximum atomic E-state index is 13.4. The van der Waals surface area contributed by atoms with E-state index in [1.807, 2.05) is 0 Å². The summed E-state index contributed by atoms with van der Waals surface area (Å²) in [7, 11) is 0. The average Bonchev–Trinajstić information content (AvgIpc) is 2.61. The Hall–Kier alpha value is -2.44. The van der Waals surface area contributed by atoms with Crippen molar-refractivity contribution in [2.24, 2.45) is 5.92 Å². The van der Waals surface area contributed by atoms with Crippen LogP contribution in [0.5, 0.6) is 0 Å². The third-order valence-corrected chi connectivity index (χ3v) is 5.68. The minimum absolute atomic E-state index is 0.0856. The number of anilines is 1. The molecule has 1 heterocycles. The van der Waals surface area contributed by atoms with Gasteiger partial charge in [-0.2, -0.15) is 0 Å². The lowest BCUT2D eigenvalue weighted by atomic mass is 9.75. The van der Waals surface area contributed by atoms with Crippen LogP contribution in [-0.4, -0.2) is 28.4 Å². The SMILES string of the molecule is CCC1CCC(NC(=O)C2CC(=O)Nc3cc(F)ccc32)(C(=O)O)CC1. The number of rotatable bonds is 4. The molecule has 0 radical (unpaired) electrons. The third-order valence-electron chi connectivity index (χ3n) is 5.68. The van der Waals surface area contributed by atoms with Crippen molar-refractivity contribution in [3.8, 4) is 0 Å². The van der Waals surface area contributed by atoms with Gasteiger partial charge in [-0.1, -0.05) is 19.4 Å². The van der Waals surface area contributed by atoms with Crippen LogP contribution in [0.25, 0.3) is 0 Å². The largest absolute Gasteiger partial charge is 0.480 e. The molecule has 140 valence electrons. The fourth-order valence-corrected chi connectivity index (χ4v) is 3.97. The minimum Gasteiger partial charge on any atom is -0.480 e. The molecule has 0 bridgehead atoms. The van der Waals surface area contributed by atoms with E-state index in [9.17, 15) is 23.9 Å². The standard InChI is InChI=1S/C19H23FN2O4/c1-2-11-5-7-19(8-6-11,18(25)26)22-17(24)14-10-16(23)21-15-9-12(20)3-4-13(14)15/h3-4,9,11,14H,2,5-8,10H2,1H3,(H,21,23)(H,22,24)(H,25,26). The summed E-state index contributed by atoms with van der Waals surface area (Å²) in [4.78, 5) is 36.7. The van der Waals surface area contributed by atoms with E-state index in [0.29, 0.717) is 24.3 Å². The summed E-state index contributed by atoms with van der Waals surface area (Å²) >= 11 is 0. The lowest BCUT2D eigenvalue weighted by molar-refractivity contribution is -0.150. The van der Waals surface area contributed by atoms with Crippen molar-refractivity contribution >= 4 is 23.5 Å².